The van der Waals surface area contributed by atoms with E-state index in [0.29, 0.717) is 16.8 Å². The highest BCUT2D eigenvalue weighted by Gasteiger charge is 2.38. The minimum Gasteiger partial charge on any atom is -0.378 e. The monoisotopic (exact) mass is 443 g/mol. The SMILES string of the molecule is Cc1cc(NC(=O)c2ccc3c(c2)C2C=CCC2C(c2ccc(F)cc2)N3)ccc1[N+](=O)[O-]. The summed E-state index contributed by atoms with van der Waals surface area (Å²) in [5.74, 6) is -0.0931. The standard InChI is InChI=1S/C26H22FN3O3/c1-15-13-19(10-12-24(15)30(32)33)28-26(31)17-7-11-23-22(14-17)20-3-2-4-21(20)25(29-23)16-5-8-18(27)9-6-16/h2-3,5-14,20-21,25,29H,4H2,1H3,(H,28,31). The van der Waals surface area contributed by atoms with Crippen molar-refractivity contribution in [2.45, 2.75) is 25.3 Å². The molecule has 0 aromatic heterocycles. The van der Waals surface area contributed by atoms with Gasteiger partial charge in [0.1, 0.15) is 5.82 Å². The van der Waals surface area contributed by atoms with Gasteiger partial charge in [0.25, 0.3) is 11.6 Å². The minimum absolute atomic E-state index is 0.0163. The lowest BCUT2D eigenvalue weighted by molar-refractivity contribution is -0.385. The number of aryl methyl sites for hydroxylation is 1. The first-order chi connectivity index (χ1) is 15.9. The normalized spacial score (nSPS) is 20.5. The van der Waals surface area contributed by atoms with Crippen molar-refractivity contribution in [3.8, 4) is 0 Å². The third-order valence-electron chi connectivity index (χ3n) is 6.51. The number of benzene rings is 3. The van der Waals surface area contributed by atoms with E-state index < -0.39 is 4.92 Å². The first-order valence-electron chi connectivity index (χ1n) is 10.8. The molecule has 3 aromatic carbocycles. The Labute approximate surface area is 190 Å². The summed E-state index contributed by atoms with van der Waals surface area (Å²) in [6.45, 7) is 1.64. The zero-order valence-electron chi connectivity index (χ0n) is 17.9. The summed E-state index contributed by atoms with van der Waals surface area (Å²) in [5, 5.41) is 17.4. The molecule has 3 unspecified atom stereocenters. The van der Waals surface area contributed by atoms with Gasteiger partial charge in [-0.1, -0.05) is 24.3 Å². The van der Waals surface area contributed by atoms with Gasteiger partial charge < -0.3 is 10.6 Å². The lowest BCUT2D eigenvalue weighted by atomic mass is 9.76. The number of nitro benzene ring substituents is 1. The molecule has 1 heterocycles. The van der Waals surface area contributed by atoms with Crippen LogP contribution in [-0.2, 0) is 0 Å². The van der Waals surface area contributed by atoms with Crippen LogP contribution in [0.1, 0.15) is 45.4 Å². The second kappa shape index (κ2) is 8.16. The summed E-state index contributed by atoms with van der Waals surface area (Å²) >= 11 is 0. The Morgan fingerprint density at radius 2 is 1.91 bits per heavy atom. The van der Waals surface area contributed by atoms with Gasteiger partial charge in [-0.3, -0.25) is 14.9 Å². The van der Waals surface area contributed by atoms with Gasteiger partial charge in [0.15, 0.2) is 0 Å². The van der Waals surface area contributed by atoms with Gasteiger partial charge in [0.05, 0.1) is 11.0 Å². The number of allylic oxidation sites excluding steroid dienone is 2. The summed E-state index contributed by atoms with van der Waals surface area (Å²) in [7, 11) is 0. The van der Waals surface area contributed by atoms with Gasteiger partial charge in [-0.2, -0.15) is 0 Å². The Balaban J connectivity index is 1.41. The van der Waals surface area contributed by atoms with E-state index in [-0.39, 0.29) is 35.3 Å². The minimum atomic E-state index is -0.442. The summed E-state index contributed by atoms with van der Waals surface area (Å²) in [6, 6.07) is 16.8. The Kier molecular flexibility index (Phi) is 5.17. The summed E-state index contributed by atoms with van der Waals surface area (Å²) < 4.78 is 13.4. The van der Waals surface area contributed by atoms with E-state index in [9.17, 15) is 19.3 Å². The highest BCUT2D eigenvalue weighted by atomic mass is 19.1. The maximum atomic E-state index is 13.4. The van der Waals surface area contributed by atoms with Crippen molar-refractivity contribution in [2.75, 3.05) is 10.6 Å². The summed E-state index contributed by atoms with van der Waals surface area (Å²) in [4.78, 5) is 23.5. The van der Waals surface area contributed by atoms with Gasteiger partial charge in [0.2, 0.25) is 0 Å². The Hall–Kier alpha value is -4.00. The van der Waals surface area contributed by atoms with Crippen molar-refractivity contribution >= 4 is 23.0 Å². The number of halogens is 1. The van der Waals surface area contributed by atoms with Gasteiger partial charge in [-0.05, 0) is 72.9 Å². The summed E-state index contributed by atoms with van der Waals surface area (Å²) in [6.07, 6.45) is 5.24. The Morgan fingerprint density at radius 1 is 1.12 bits per heavy atom. The van der Waals surface area contributed by atoms with Crippen LogP contribution in [0.5, 0.6) is 0 Å². The van der Waals surface area contributed by atoms with Crippen LogP contribution in [-0.4, -0.2) is 10.8 Å². The van der Waals surface area contributed by atoms with E-state index in [1.54, 1.807) is 19.1 Å². The lowest BCUT2D eigenvalue weighted by Crippen LogP contribution is -2.29. The third-order valence-corrected chi connectivity index (χ3v) is 6.51. The molecule has 1 aliphatic carbocycles. The molecule has 7 heteroatoms. The zero-order valence-corrected chi connectivity index (χ0v) is 17.9. The first kappa shape index (κ1) is 20.9. The number of nitrogens with one attached hydrogen (secondary N) is 2. The molecule has 33 heavy (non-hydrogen) atoms. The van der Waals surface area contributed by atoms with E-state index in [2.05, 4.69) is 22.8 Å². The van der Waals surface area contributed by atoms with Crippen LogP contribution in [0, 0.1) is 28.8 Å². The predicted molar refractivity (Wildman–Crippen MR) is 125 cm³/mol. The molecule has 0 saturated heterocycles. The van der Waals surface area contributed by atoms with E-state index in [1.165, 1.54) is 24.3 Å². The van der Waals surface area contributed by atoms with Crippen molar-refractivity contribution in [1.29, 1.82) is 0 Å². The Bertz CT molecular complexity index is 1290. The largest absolute Gasteiger partial charge is 0.378 e. The second-order valence-electron chi connectivity index (χ2n) is 8.54. The summed E-state index contributed by atoms with van der Waals surface area (Å²) in [5.41, 5.74) is 4.58. The van der Waals surface area contributed by atoms with Crippen LogP contribution >= 0.6 is 0 Å². The molecule has 6 nitrogen and oxygen atoms in total. The Morgan fingerprint density at radius 3 is 2.64 bits per heavy atom. The highest BCUT2D eigenvalue weighted by molar-refractivity contribution is 6.04. The molecule has 5 rings (SSSR count). The molecule has 3 atom stereocenters. The number of nitrogens with zero attached hydrogens (tertiary/aromatic N) is 1. The number of hydrogen-bond donors (Lipinski definition) is 2. The van der Waals surface area contributed by atoms with Crippen molar-refractivity contribution in [2.24, 2.45) is 5.92 Å². The number of rotatable bonds is 4. The molecule has 1 aliphatic heterocycles. The van der Waals surface area contributed by atoms with E-state index in [4.69, 9.17) is 0 Å². The van der Waals surface area contributed by atoms with E-state index >= 15 is 0 Å². The van der Waals surface area contributed by atoms with E-state index in [1.807, 2.05) is 24.3 Å². The molecular formula is C26H22FN3O3. The van der Waals surface area contributed by atoms with Crippen molar-refractivity contribution in [3.05, 3.63) is 111 Å². The number of fused-ring (bicyclic) bond motifs is 3. The smallest absolute Gasteiger partial charge is 0.272 e. The molecule has 0 radical (unpaired) electrons. The predicted octanol–water partition coefficient (Wildman–Crippen LogP) is 6.12. The molecule has 2 aliphatic rings. The van der Waals surface area contributed by atoms with Crippen molar-refractivity contribution in [1.82, 2.24) is 0 Å². The second-order valence-corrected chi connectivity index (χ2v) is 8.54. The molecule has 0 bridgehead atoms. The number of carbonyl (C=O) groups is 1. The first-order valence-corrected chi connectivity index (χ1v) is 10.8. The molecule has 1 amide bonds. The van der Waals surface area contributed by atoms with Crippen LogP contribution in [0.15, 0.2) is 72.8 Å². The lowest BCUT2D eigenvalue weighted by Gasteiger charge is -2.37. The maximum absolute atomic E-state index is 13.4. The molecule has 0 fully saturated rings. The quantitative estimate of drug-likeness (QED) is 0.289. The topological polar surface area (TPSA) is 84.3 Å². The fourth-order valence-corrected chi connectivity index (χ4v) is 4.88. The average Bonchev–Trinajstić information content (AvgIpc) is 3.29. The van der Waals surface area contributed by atoms with Crippen molar-refractivity contribution in [3.63, 3.8) is 0 Å². The zero-order chi connectivity index (χ0) is 23.1. The van der Waals surface area contributed by atoms with Gasteiger partial charge >= 0.3 is 0 Å². The van der Waals surface area contributed by atoms with Crippen LogP contribution in [0.4, 0.5) is 21.5 Å². The van der Waals surface area contributed by atoms with Crippen LogP contribution < -0.4 is 10.6 Å². The fraction of sp³-hybridized carbons (Fsp3) is 0.192. The van der Waals surface area contributed by atoms with Gasteiger partial charge in [-0.15, -0.1) is 0 Å². The number of carbonyl (C=O) groups excluding carboxylic acids is 1. The molecular weight excluding hydrogens is 421 g/mol. The molecule has 166 valence electrons. The van der Waals surface area contributed by atoms with Gasteiger partial charge in [-0.25, -0.2) is 4.39 Å². The van der Waals surface area contributed by atoms with Gasteiger partial charge in [0, 0.05) is 34.5 Å². The van der Waals surface area contributed by atoms with Crippen LogP contribution in [0.3, 0.4) is 0 Å². The highest BCUT2D eigenvalue weighted by Crippen LogP contribution is 2.50. The van der Waals surface area contributed by atoms with Crippen molar-refractivity contribution < 1.29 is 14.1 Å². The number of anilines is 2. The number of nitro groups is 1. The van der Waals surface area contributed by atoms with E-state index in [0.717, 1.165) is 23.2 Å². The molecule has 2 N–H and O–H groups in total. The maximum Gasteiger partial charge on any atom is 0.272 e. The average molecular weight is 443 g/mol. The molecule has 3 aromatic rings. The molecule has 0 saturated carbocycles. The van der Waals surface area contributed by atoms with Crippen LogP contribution in [0.2, 0.25) is 0 Å². The molecule has 0 spiro atoms. The van der Waals surface area contributed by atoms with Crippen LogP contribution in [0.25, 0.3) is 0 Å². The third kappa shape index (κ3) is 3.86. The fourth-order valence-electron chi connectivity index (χ4n) is 4.88. The number of hydrogen-bond acceptors (Lipinski definition) is 4. The number of amides is 1.